The molecule has 3 heterocycles. The van der Waals surface area contributed by atoms with Crippen molar-refractivity contribution in [3.8, 4) is 5.82 Å². The van der Waals surface area contributed by atoms with E-state index in [4.69, 9.17) is 0 Å². The molecule has 13 heteroatoms. The Hall–Kier alpha value is -3.03. The van der Waals surface area contributed by atoms with Gasteiger partial charge < -0.3 is 10.6 Å². The summed E-state index contributed by atoms with van der Waals surface area (Å²) in [6, 6.07) is 5.68. The summed E-state index contributed by atoms with van der Waals surface area (Å²) in [5.41, 5.74) is 0.166. The summed E-state index contributed by atoms with van der Waals surface area (Å²) < 4.78 is 67.7. The molecule has 1 aliphatic rings. The Labute approximate surface area is 182 Å². The van der Waals surface area contributed by atoms with Crippen LogP contribution in [-0.2, 0) is 16.2 Å². The Morgan fingerprint density at radius 1 is 1.19 bits per heavy atom. The van der Waals surface area contributed by atoms with Crippen molar-refractivity contribution in [2.45, 2.75) is 30.0 Å². The number of sulfonamides is 1. The molecule has 9 nitrogen and oxygen atoms in total. The first-order chi connectivity index (χ1) is 15.2. The second kappa shape index (κ2) is 8.48. The smallest absolute Gasteiger partial charge is 0.324 e. The molecule has 0 amide bonds. The van der Waals surface area contributed by atoms with Crippen LogP contribution in [0.4, 0.5) is 24.8 Å². The molecule has 0 radical (unpaired) electrons. The van der Waals surface area contributed by atoms with Gasteiger partial charge in [0.2, 0.25) is 16.0 Å². The van der Waals surface area contributed by atoms with Gasteiger partial charge in [-0.15, -0.1) is 0 Å². The van der Waals surface area contributed by atoms with Gasteiger partial charge in [0.05, 0.1) is 11.1 Å². The molecule has 1 saturated heterocycles. The van der Waals surface area contributed by atoms with Crippen LogP contribution >= 0.6 is 0 Å². The molecule has 0 bridgehead atoms. The number of halogens is 3. The zero-order valence-corrected chi connectivity index (χ0v) is 17.7. The Bertz CT molecular complexity index is 1200. The fourth-order valence-electron chi connectivity index (χ4n) is 3.37. The highest BCUT2D eigenvalue weighted by Crippen LogP contribution is 2.33. The topological polar surface area (TPSA) is 114 Å². The molecule has 32 heavy (non-hydrogen) atoms. The largest absolute Gasteiger partial charge is 0.421 e. The van der Waals surface area contributed by atoms with Crippen LogP contribution in [0, 0.1) is 0 Å². The molecule has 3 N–H and O–H groups in total. The number of nitrogens with one attached hydrogen (secondary N) is 3. The molecule has 1 fully saturated rings. The van der Waals surface area contributed by atoms with Gasteiger partial charge >= 0.3 is 6.18 Å². The molecule has 2 aromatic heterocycles. The van der Waals surface area contributed by atoms with E-state index in [1.54, 1.807) is 0 Å². The summed E-state index contributed by atoms with van der Waals surface area (Å²) in [6.07, 6.45) is 0.947. The molecule has 0 aliphatic carbocycles. The first-order valence-corrected chi connectivity index (χ1v) is 11.2. The summed E-state index contributed by atoms with van der Waals surface area (Å²) in [7, 11) is -2.31. The van der Waals surface area contributed by atoms with Gasteiger partial charge in [-0.1, -0.05) is 0 Å². The van der Waals surface area contributed by atoms with Crippen LogP contribution in [0.25, 0.3) is 5.82 Å². The normalized spacial score (nSPS) is 16.9. The molecule has 1 aliphatic heterocycles. The maximum atomic E-state index is 13.6. The molecule has 1 atom stereocenters. The number of benzene rings is 1. The van der Waals surface area contributed by atoms with Crippen molar-refractivity contribution < 1.29 is 21.6 Å². The first-order valence-electron chi connectivity index (χ1n) is 9.70. The van der Waals surface area contributed by atoms with Gasteiger partial charge in [0, 0.05) is 29.7 Å². The molecule has 0 saturated carbocycles. The van der Waals surface area contributed by atoms with Crippen molar-refractivity contribution in [1.29, 1.82) is 0 Å². The van der Waals surface area contributed by atoms with E-state index in [1.807, 2.05) is 0 Å². The van der Waals surface area contributed by atoms with Gasteiger partial charge in [0.1, 0.15) is 5.56 Å². The lowest BCUT2D eigenvalue weighted by molar-refractivity contribution is -0.138. The van der Waals surface area contributed by atoms with E-state index < -0.39 is 27.6 Å². The zero-order chi connectivity index (χ0) is 22.9. The monoisotopic (exact) mass is 467 g/mol. The van der Waals surface area contributed by atoms with Crippen LogP contribution in [0.2, 0.25) is 0 Å². The number of anilines is 2. The Balaban J connectivity index is 1.65. The third-order valence-electron chi connectivity index (χ3n) is 5.05. The molecule has 4 rings (SSSR count). The quantitative estimate of drug-likeness (QED) is 0.511. The van der Waals surface area contributed by atoms with Crippen molar-refractivity contribution in [2.24, 2.45) is 0 Å². The van der Waals surface area contributed by atoms with Gasteiger partial charge in [0.25, 0.3) is 0 Å². The number of hydrogen-bond donors (Lipinski definition) is 3. The molecule has 170 valence electrons. The van der Waals surface area contributed by atoms with Crippen LogP contribution in [0.1, 0.15) is 30.0 Å². The highest BCUT2D eigenvalue weighted by molar-refractivity contribution is 7.89. The van der Waals surface area contributed by atoms with Crippen LogP contribution in [0.5, 0.6) is 0 Å². The molecule has 0 spiro atoms. The predicted octanol–water partition coefficient (Wildman–Crippen LogP) is 2.76. The van der Waals surface area contributed by atoms with E-state index in [2.05, 4.69) is 30.4 Å². The van der Waals surface area contributed by atoms with Gasteiger partial charge in [-0.3, -0.25) is 0 Å². The second-order valence-electron chi connectivity index (χ2n) is 7.15. The van der Waals surface area contributed by atoms with Gasteiger partial charge in [0.15, 0.2) is 5.82 Å². The number of hydrogen-bond acceptors (Lipinski definition) is 7. The minimum atomic E-state index is -4.67. The Morgan fingerprint density at radius 3 is 2.56 bits per heavy atom. The first kappa shape index (κ1) is 22.2. The predicted molar refractivity (Wildman–Crippen MR) is 110 cm³/mol. The van der Waals surface area contributed by atoms with Crippen LogP contribution in [0.3, 0.4) is 0 Å². The van der Waals surface area contributed by atoms with Crippen molar-refractivity contribution >= 4 is 21.7 Å². The fraction of sp³-hybridized carbons (Fsp3) is 0.316. The van der Waals surface area contributed by atoms with Gasteiger partial charge in [-0.05, 0) is 50.7 Å². The minimum Gasteiger partial charge on any atom is -0.324 e. The maximum absolute atomic E-state index is 13.6. The summed E-state index contributed by atoms with van der Waals surface area (Å²) in [6.45, 7) is 0.847. The Kier molecular flexibility index (Phi) is 5.88. The number of aromatic nitrogens is 4. The fourth-order valence-corrected chi connectivity index (χ4v) is 4.10. The summed E-state index contributed by atoms with van der Waals surface area (Å²) >= 11 is 0. The van der Waals surface area contributed by atoms with Crippen LogP contribution in [0.15, 0.2) is 47.8 Å². The van der Waals surface area contributed by atoms with Crippen molar-refractivity contribution in [2.75, 3.05) is 18.9 Å². The van der Waals surface area contributed by atoms with E-state index >= 15 is 0 Å². The molecular weight excluding hydrogens is 447 g/mol. The van der Waals surface area contributed by atoms with Crippen LogP contribution < -0.4 is 15.4 Å². The third-order valence-corrected chi connectivity index (χ3v) is 6.48. The molecule has 3 aromatic rings. The number of nitrogens with zero attached hydrogens (tertiary/aromatic N) is 4. The number of alkyl halides is 3. The molecular formula is C19H20F3N7O2S. The van der Waals surface area contributed by atoms with Gasteiger partial charge in [-0.2, -0.15) is 23.3 Å². The average molecular weight is 467 g/mol. The summed E-state index contributed by atoms with van der Waals surface area (Å²) in [4.78, 5) is 7.86. The SMILES string of the molecule is CNS(=O)(=O)c1ccc(Nc2ncc(C(F)(F)F)c(-n3cc([C@H]4CCCN4)cn3)n2)cc1. The van der Waals surface area contributed by atoms with Crippen molar-refractivity contribution in [3.63, 3.8) is 0 Å². The average Bonchev–Trinajstić information content (AvgIpc) is 3.45. The van der Waals surface area contributed by atoms with E-state index in [0.29, 0.717) is 11.9 Å². The van der Waals surface area contributed by atoms with Crippen LogP contribution in [-0.4, -0.2) is 41.8 Å². The van der Waals surface area contributed by atoms with Crippen molar-refractivity contribution in [1.82, 2.24) is 29.8 Å². The lowest BCUT2D eigenvalue weighted by Crippen LogP contribution is -2.18. The van der Waals surface area contributed by atoms with Crippen molar-refractivity contribution in [3.05, 3.63) is 54.0 Å². The highest BCUT2D eigenvalue weighted by Gasteiger charge is 2.36. The maximum Gasteiger partial charge on any atom is 0.421 e. The third kappa shape index (κ3) is 4.59. The number of rotatable bonds is 6. The Morgan fingerprint density at radius 2 is 1.94 bits per heavy atom. The minimum absolute atomic E-state index is 0.0455. The second-order valence-corrected chi connectivity index (χ2v) is 9.04. The van der Waals surface area contributed by atoms with E-state index in [0.717, 1.165) is 29.6 Å². The van der Waals surface area contributed by atoms with E-state index in [-0.39, 0.29) is 16.9 Å². The summed E-state index contributed by atoms with van der Waals surface area (Å²) in [5.74, 6) is -0.498. The summed E-state index contributed by atoms with van der Waals surface area (Å²) in [5, 5.41) is 10.2. The highest BCUT2D eigenvalue weighted by atomic mass is 32.2. The lowest BCUT2D eigenvalue weighted by Gasteiger charge is -2.13. The zero-order valence-electron chi connectivity index (χ0n) is 16.9. The standard InChI is InChI=1S/C19H20F3N7O2S/c1-23-32(30,31)14-6-4-13(5-7-14)27-18-25-10-15(19(20,21)22)17(28-18)29-11-12(9-26-29)16-3-2-8-24-16/h4-7,9-11,16,23-24H,2-3,8H2,1H3,(H,25,27,28)/t16-/m1/s1. The van der Waals surface area contributed by atoms with E-state index in [1.165, 1.54) is 43.7 Å². The molecule has 1 aromatic carbocycles. The molecule has 0 unspecified atom stereocenters. The van der Waals surface area contributed by atoms with E-state index in [9.17, 15) is 21.6 Å². The lowest BCUT2D eigenvalue weighted by atomic mass is 10.1. The van der Waals surface area contributed by atoms with Gasteiger partial charge in [-0.25, -0.2) is 22.8 Å².